The first-order chi connectivity index (χ1) is 18.8. The number of nitrogens with zero attached hydrogens (tertiary/aromatic N) is 2. The molecule has 1 aromatic carbocycles. The van der Waals surface area contributed by atoms with Gasteiger partial charge in [0.15, 0.2) is 0 Å². The van der Waals surface area contributed by atoms with Crippen molar-refractivity contribution in [2.75, 3.05) is 0 Å². The van der Waals surface area contributed by atoms with Gasteiger partial charge in [0.05, 0.1) is 6.54 Å². The number of rotatable bonds is 26. The lowest BCUT2D eigenvalue weighted by atomic mass is 10.0. The van der Waals surface area contributed by atoms with Crippen LogP contribution in [0.4, 0.5) is 0 Å². The zero-order chi connectivity index (χ0) is 26.9. The number of hydrogen-bond acceptors (Lipinski definition) is 0. The van der Waals surface area contributed by atoms with Gasteiger partial charge in [-0.05, 0) is 24.8 Å². The van der Waals surface area contributed by atoms with Crippen molar-refractivity contribution in [2.24, 2.45) is 0 Å². The van der Waals surface area contributed by atoms with E-state index in [0.717, 1.165) is 6.54 Å². The molecule has 216 valence electrons. The lowest BCUT2D eigenvalue weighted by Crippen LogP contribution is -2.37. The average Bonchev–Trinajstić information content (AvgIpc) is 3.31. The van der Waals surface area contributed by atoms with Gasteiger partial charge in [-0.2, -0.15) is 0 Å². The Labute approximate surface area is 237 Å². The van der Waals surface area contributed by atoms with Crippen LogP contribution in [0.25, 0.3) is 0 Å². The summed E-state index contributed by atoms with van der Waals surface area (Å²) in [6.07, 6.45) is 37.0. The molecule has 2 aromatic rings. The monoisotopic (exact) mass is 523 g/mol. The number of aryl methyl sites for hydroxylation is 1. The maximum atomic E-state index is 2.58. The molecule has 0 fully saturated rings. The summed E-state index contributed by atoms with van der Waals surface area (Å²) in [6, 6.07) is 11.0. The summed E-state index contributed by atoms with van der Waals surface area (Å²) in [5, 5.41) is 0. The number of imidazole rings is 1. The Morgan fingerprint density at radius 3 is 1.47 bits per heavy atom. The molecule has 0 N–H and O–H groups in total. The molecule has 0 aliphatic heterocycles. The molecule has 0 aliphatic carbocycles. The number of hydrogen-bond donors (Lipinski definition) is 0. The lowest BCUT2D eigenvalue weighted by Gasteiger charge is -2.07. The Balaban J connectivity index is 1.65. The minimum Gasteiger partial charge on any atom is -0.234 e. The Morgan fingerprint density at radius 1 is 0.526 bits per heavy atom. The molecule has 0 bridgehead atoms. The van der Waals surface area contributed by atoms with E-state index in [-0.39, 0.29) is 0 Å². The zero-order valence-corrected chi connectivity index (χ0v) is 25.6. The quantitative estimate of drug-likeness (QED) is 0.0856. The minimum atomic E-state index is 0.999. The van der Waals surface area contributed by atoms with Crippen molar-refractivity contribution in [3.8, 4) is 0 Å². The van der Waals surface area contributed by atoms with Crippen LogP contribution in [-0.4, -0.2) is 4.57 Å². The van der Waals surface area contributed by atoms with E-state index in [1.165, 1.54) is 166 Å². The summed E-state index contributed by atoms with van der Waals surface area (Å²) < 4.78 is 5.09. The molecule has 0 amide bonds. The molecule has 0 saturated carbocycles. The second-order valence-corrected chi connectivity index (χ2v) is 11.8. The molecule has 1 aromatic heterocycles. The molecule has 38 heavy (non-hydrogen) atoms. The first-order valence-corrected chi connectivity index (χ1v) is 17.0. The highest BCUT2D eigenvalue weighted by atomic mass is 15.1. The fraction of sp³-hybridized carbons (Fsp3) is 0.750. The normalized spacial score (nSPS) is 11.4. The maximum Gasteiger partial charge on any atom is 0.256 e. The highest BCUT2D eigenvalue weighted by molar-refractivity contribution is 5.13. The van der Waals surface area contributed by atoms with E-state index >= 15 is 0 Å². The van der Waals surface area contributed by atoms with Crippen LogP contribution in [0, 0.1) is 0 Å². The van der Waals surface area contributed by atoms with Crippen LogP contribution < -0.4 is 4.57 Å². The van der Waals surface area contributed by atoms with Crippen LogP contribution in [0.5, 0.6) is 0 Å². The average molecular weight is 524 g/mol. The predicted molar refractivity (Wildman–Crippen MR) is 167 cm³/mol. The summed E-state index contributed by atoms with van der Waals surface area (Å²) in [5.41, 5.74) is 1.41. The van der Waals surface area contributed by atoms with Crippen molar-refractivity contribution >= 4 is 0 Å². The Kier molecular flexibility index (Phi) is 20.0. The van der Waals surface area contributed by atoms with Gasteiger partial charge in [0.2, 0.25) is 0 Å². The third-order valence-corrected chi connectivity index (χ3v) is 8.29. The van der Waals surface area contributed by atoms with E-state index in [9.17, 15) is 0 Å². The Morgan fingerprint density at radius 2 is 0.974 bits per heavy atom. The summed E-state index contributed by atoms with van der Waals surface area (Å²) in [4.78, 5) is 0. The summed E-state index contributed by atoms with van der Waals surface area (Å²) in [5.74, 6) is 1.54. The topological polar surface area (TPSA) is 8.81 Å². The number of unbranched alkanes of at least 4 members (excludes halogenated alkanes) is 20. The van der Waals surface area contributed by atoms with Crippen LogP contribution in [0.2, 0.25) is 0 Å². The van der Waals surface area contributed by atoms with Crippen LogP contribution in [0.3, 0.4) is 0 Å². The standard InChI is InChI=1S/C36H63N2/c1-3-5-7-9-11-13-14-15-16-18-20-22-27-31-37-32-33-38(34-35-28-24-23-25-29-35)36(37)30-26-21-19-17-12-10-8-6-4-2/h23-25,28-29,32-33H,3-22,26-27,30-31,34H2,1-2H3/q+1. The lowest BCUT2D eigenvalue weighted by molar-refractivity contribution is -0.695. The van der Waals surface area contributed by atoms with Gasteiger partial charge in [-0.15, -0.1) is 0 Å². The minimum absolute atomic E-state index is 0.999. The van der Waals surface area contributed by atoms with Crippen molar-refractivity contribution in [2.45, 2.75) is 175 Å². The molecule has 0 unspecified atom stereocenters. The Bertz CT molecular complexity index is 763. The van der Waals surface area contributed by atoms with Crippen molar-refractivity contribution in [1.29, 1.82) is 0 Å². The van der Waals surface area contributed by atoms with E-state index in [1.807, 2.05) is 0 Å². The predicted octanol–water partition coefficient (Wildman–Crippen LogP) is 11.0. The van der Waals surface area contributed by atoms with E-state index in [1.54, 1.807) is 0 Å². The van der Waals surface area contributed by atoms with Crippen LogP contribution in [0.15, 0.2) is 42.7 Å². The van der Waals surface area contributed by atoms with Crippen molar-refractivity contribution < 1.29 is 4.57 Å². The Hall–Kier alpha value is -1.57. The van der Waals surface area contributed by atoms with Crippen molar-refractivity contribution in [3.05, 3.63) is 54.1 Å². The first kappa shape index (κ1) is 32.6. The summed E-state index contributed by atoms with van der Waals surface area (Å²) in [7, 11) is 0. The third-order valence-electron chi connectivity index (χ3n) is 8.29. The fourth-order valence-corrected chi connectivity index (χ4v) is 5.81. The summed E-state index contributed by atoms with van der Waals surface area (Å²) >= 11 is 0. The maximum absolute atomic E-state index is 2.58. The molecule has 1 heterocycles. The van der Waals surface area contributed by atoms with Crippen LogP contribution in [-0.2, 0) is 19.5 Å². The van der Waals surface area contributed by atoms with Crippen LogP contribution in [0.1, 0.15) is 166 Å². The van der Waals surface area contributed by atoms with Crippen LogP contribution >= 0.6 is 0 Å². The molecule has 2 heteroatoms. The molecule has 0 atom stereocenters. The van der Waals surface area contributed by atoms with Gasteiger partial charge in [0.1, 0.15) is 18.9 Å². The smallest absolute Gasteiger partial charge is 0.234 e. The van der Waals surface area contributed by atoms with E-state index < -0.39 is 0 Å². The molecular weight excluding hydrogens is 460 g/mol. The van der Waals surface area contributed by atoms with Crippen molar-refractivity contribution in [1.82, 2.24) is 4.57 Å². The molecule has 0 spiro atoms. The third kappa shape index (κ3) is 15.7. The highest BCUT2D eigenvalue weighted by Crippen LogP contribution is 2.15. The molecule has 0 saturated heterocycles. The van der Waals surface area contributed by atoms with Gasteiger partial charge in [0, 0.05) is 6.42 Å². The van der Waals surface area contributed by atoms with Gasteiger partial charge in [-0.1, -0.05) is 166 Å². The second kappa shape index (κ2) is 23.3. The molecule has 2 rings (SSSR count). The highest BCUT2D eigenvalue weighted by Gasteiger charge is 2.17. The van der Waals surface area contributed by atoms with Gasteiger partial charge in [0.25, 0.3) is 5.82 Å². The molecular formula is C36H63N2+. The van der Waals surface area contributed by atoms with E-state index in [4.69, 9.17) is 0 Å². The number of benzene rings is 1. The number of aromatic nitrogens is 2. The van der Waals surface area contributed by atoms with Gasteiger partial charge in [-0.3, -0.25) is 0 Å². The molecule has 0 radical (unpaired) electrons. The fourth-order valence-electron chi connectivity index (χ4n) is 5.81. The molecule has 0 aliphatic rings. The van der Waals surface area contributed by atoms with Crippen molar-refractivity contribution in [3.63, 3.8) is 0 Å². The second-order valence-electron chi connectivity index (χ2n) is 11.8. The summed E-state index contributed by atoms with van der Waals surface area (Å²) in [6.45, 7) is 6.79. The zero-order valence-electron chi connectivity index (χ0n) is 25.6. The largest absolute Gasteiger partial charge is 0.256 e. The van der Waals surface area contributed by atoms with Gasteiger partial charge >= 0.3 is 0 Å². The SMILES string of the molecule is CCCCCCCCCCCCCCCn1cc[n+](Cc2ccccc2)c1CCCCCCCCCCC. The van der Waals surface area contributed by atoms with Gasteiger partial charge < -0.3 is 0 Å². The van der Waals surface area contributed by atoms with E-state index in [2.05, 4.69) is 65.7 Å². The van der Waals surface area contributed by atoms with Gasteiger partial charge in [-0.25, -0.2) is 9.13 Å². The van der Waals surface area contributed by atoms with E-state index in [0.29, 0.717) is 0 Å². The first-order valence-electron chi connectivity index (χ1n) is 17.0. The molecule has 2 nitrogen and oxygen atoms in total.